The third kappa shape index (κ3) is 2.60. The van der Waals surface area contributed by atoms with Gasteiger partial charge in [-0.05, 0) is 31.0 Å². The highest BCUT2D eigenvalue weighted by atomic mass is 16.6. The van der Waals surface area contributed by atoms with Crippen LogP contribution in [0, 0.1) is 17.0 Å². The maximum Gasteiger partial charge on any atom is 0.357 e. The van der Waals surface area contributed by atoms with Crippen molar-refractivity contribution in [1.29, 1.82) is 0 Å². The Kier molecular flexibility index (Phi) is 3.99. The Morgan fingerprint density at radius 3 is 2.88 bits per heavy atom. The van der Waals surface area contributed by atoms with Gasteiger partial charge in [0.15, 0.2) is 5.69 Å². The predicted octanol–water partition coefficient (Wildman–Crippen LogP) is 3.45. The van der Waals surface area contributed by atoms with E-state index in [1.165, 1.54) is 6.08 Å². The zero-order valence-electron chi connectivity index (χ0n) is 13.2. The largest absolute Gasteiger partial charge is 0.461 e. The number of benzene rings is 1. The van der Waals surface area contributed by atoms with Crippen molar-refractivity contribution in [2.75, 3.05) is 6.61 Å². The molecule has 0 aliphatic carbocycles. The maximum atomic E-state index is 12.1. The van der Waals surface area contributed by atoms with E-state index in [0.717, 1.165) is 28.0 Å². The molecular formula is C17H15N3O4. The van der Waals surface area contributed by atoms with Crippen LogP contribution in [-0.4, -0.2) is 27.5 Å². The SMILES string of the molecule is CCOC(=O)c1ncc2[nH]c3cccc(/C=C/[N+](=O)[O-])c3c2c1C. The number of esters is 1. The molecule has 3 aromatic rings. The van der Waals surface area contributed by atoms with Crippen molar-refractivity contribution in [2.45, 2.75) is 13.8 Å². The van der Waals surface area contributed by atoms with Gasteiger partial charge in [-0.15, -0.1) is 0 Å². The second kappa shape index (κ2) is 6.11. The number of ether oxygens (including phenoxy) is 1. The van der Waals surface area contributed by atoms with Gasteiger partial charge in [-0.3, -0.25) is 10.1 Å². The molecule has 0 unspecified atom stereocenters. The molecule has 0 amide bonds. The van der Waals surface area contributed by atoms with E-state index in [1.807, 2.05) is 12.1 Å². The van der Waals surface area contributed by atoms with Gasteiger partial charge in [0.2, 0.25) is 6.20 Å². The van der Waals surface area contributed by atoms with E-state index in [9.17, 15) is 14.9 Å². The molecule has 3 rings (SSSR count). The summed E-state index contributed by atoms with van der Waals surface area (Å²) in [6, 6.07) is 5.48. The molecule has 7 nitrogen and oxygen atoms in total. The Morgan fingerprint density at radius 2 is 2.17 bits per heavy atom. The zero-order chi connectivity index (χ0) is 17.3. The number of hydrogen-bond donors (Lipinski definition) is 1. The minimum Gasteiger partial charge on any atom is -0.461 e. The van der Waals surface area contributed by atoms with Crippen molar-refractivity contribution in [3.63, 3.8) is 0 Å². The monoisotopic (exact) mass is 325 g/mol. The smallest absolute Gasteiger partial charge is 0.357 e. The topological polar surface area (TPSA) is 98.1 Å². The summed E-state index contributed by atoms with van der Waals surface area (Å²) in [5.41, 5.74) is 3.20. The lowest BCUT2D eigenvalue weighted by atomic mass is 10.0. The minimum atomic E-state index is -0.508. The van der Waals surface area contributed by atoms with Crippen molar-refractivity contribution in [3.05, 3.63) is 57.5 Å². The van der Waals surface area contributed by atoms with E-state index in [-0.39, 0.29) is 12.3 Å². The van der Waals surface area contributed by atoms with Crippen molar-refractivity contribution in [1.82, 2.24) is 9.97 Å². The molecule has 0 spiro atoms. The lowest BCUT2D eigenvalue weighted by molar-refractivity contribution is -0.400. The number of hydrogen-bond acceptors (Lipinski definition) is 5. The summed E-state index contributed by atoms with van der Waals surface area (Å²) in [6.07, 6.45) is 3.92. The highest BCUT2D eigenvalue weighted by molar-refractivity contribution is 6.13. The fourth-order valence-corrected chi connectivity index (χ4v) is 2.81. The molecule has 0 saturated heterocycles. The molecule has 1 aromatic carbocycles. The highest BCUT2D eigenvalue weighted by Gasteiger charge is 2.18. The first-order valence-electron chi connectivity index (χ1n) is 7.41. The third-order valence-corrected chi connectivity index (χ3v) is 3.78. The predicted molar refractivity (Wildman–Crippen MR) is 90.3 cm³/mol. The molecule has 2 heterocycles. The Hall–Kier alpha value is -3.22. The van der Waals surface area contributed by atoms with Crippen LogP contribution >= 0.6 is 0 Å². The summed E-state index contributed by atoms with van der Waals surface area (Å²) in [6.45, 7) is 3.80. The number of fused-ring (bicyclic) bond motifs is 3. The summed E-state index contributed by atoms with van der Waals surface area (Å²) in [4.78, 5) is 29.6. The number of aromatic nitrogens is 2. The van der Waals surface area contributed by atoms with Crippen LogP contribution in [0.2, 0.25) is 0 Å². The summed E-state index contributed by atoms with van der Waals surface area (Å²) in [7, 11) is 0. The van der Waals surface area contributed by atoms with Crippen LogP contribution in [-0.2, 0) is 4.74 Å². The molecule has 0 radical (unpaired) electrons. The van der Waals surface area contributed by atoms with Gasteiger partial charge in [-0.1, -0.05) is 12.1 Å². The number of aromatic amines is 1. The molecule has 24 heavy (non-hydrogen) atoms. The number of nitrogens with zero attached hydrogens (tertiary/aromatic N) is 2. The molecule has 0 fully saturated rings. The van der Waals surface area contributed by atoms with Gasteiger partial charge in [-0.2, -0.15) is 0 Å². The van der Waals surface area contributed by atoms with Crippen LogP contribution in [0.3, 0.4) is 0 Å². The lowest BCUT2D eigenvalue weighted by Gasteiger charge is -2.06. The van der Waals surface area contributed by atoms with Crippen LogP contribution in [0.25, 0.3) is 27.9 Å². The van der Waals surface area contributed by atoms with Gasteiger partial charge in [0.1, 0.15) is 0 Å². The Morgan fingerprint density at radius 1 is 1.38 bits per heavy atom. The average Bonchev–Trinajstić information content (AvgIpc) is 2.93. The van der Waals surface area contributed by atoms with E-state index in [0.29, 0.717) is 11.1 Å². The standard InChI is InChI=1S/C17H15N3O4/c1-3-24-17(21)16-10(2)14-13(9-18-16)19-12-6-4-5-11(15(12)14)7-8-20(22)23/h4-9,19H,3H2,1-2H3/b8-7+. The summed E-state index contributed by atoms with van der Waals surface area (Å²) in [5.74, 6) is -0.482. The summed E-state index contributed by atoms with van der Waals surface area (Å²) >= 11 is 0. The molecule has 7 heteroatoms. The van der Waals surface area contributed by atoms with E-state index in [2.05, 4.69) is 9.97 Å². The Bertz CT molecular complexity index is 988. The Labute approximate surface area is 137 Å². The lowest BCUT2D eigenvalue weighted by Crippen LogP contribution is -2.09. The number of aryl methyl sites for hydroxylation is 1. The van der Waals surface area contributed by atoms with Crippen LogP contribution in [0.4, 0.5) is 0 Å². The molecular weight excluding hydrogens is 310 g/mol. The fourth-order valence-electron chi connectivity index (χ4n) is 2.81. The first-order valence-corrected chi connectivity index (χ1v) is 7.41. The van der Waals surface area contributed by atoms with Crippen molar-refractivity contribution >= 4 is 33.9 Å². The third-order valence-electron chi connectivity index (χ3n) is 3.78. The first kappa shape index (κ1) is 15.7. The maximum absolute atomic E-state index is 12.1. The molecule has 0 atom stereocenters. The highest BCUT2D eigenvalue weighted by Crippen LogP contribution is 2.32. The molecule has 2 aromatic heterocycles. The fraction of sp³-hybridized carbons (Fsp3) is 0.176. The second-order valence-electron chi connectivity index (χ2n) is 5.24. The number of nitro groups is 1. The number of pyridine rings is 1. The van der Waals surface area contributed by atoms with Gasteiger partial charge in [-0.25, -0.2) is 9.78 Å². The number of rotatable bonds is 4. The number of carbonyl (C=O) groups excluding carboxylic acids is 1. The molecule has 1 N–H and O–H groups in total. The van der Waals surface area contributed by atoms with Crippen LogP contribution < -0.4 is 0 Å². The summed E-state index contributed by atoms with van der Waals surface area (Å²) in [5, 5.41) is 12.3. The number of H-pyrrole nitrogens is 1. The van der Waals surface area contributed by atoms with Gasteiger partial charge < -0.3 is 9.72 Å². The van der Waals surface area contributed by atoms with E-state index < -0.39 is 10.9 Å². The van der Waals surface area contributed by atoms with Gasteiger partial charge in [0.25, 0.3) is 0 Å². The number of carbonyl (C=O) groups is 1. The minimum absolute atomic E-state index is 0.248. The molecule has 0 aliphatic heterocycles. The Balaban J connectivity index is 2.31. The van der Waals surface area contributed by atoms with Crippen LogP contribution in [0.15, 0.2) is 30.6 Å². The first-order chi connectivity index (χ1) is 11.5. The van der Waals surface area contributed by atoms with E-state index >= 15 is 0 Å². The van der Waals surface area contributed by atoms with Crippen LogP contribution in [0.1, 0.15) is 28.5 Å². The van der Waals surface area contributed by atoms with Crippen molar-refractivity contribution in [3.8, 4) is 0 Å². The van der Waals surface area contributed by atoms with Crippen LogP contribution in [0.5, 0.6) is 0 Å². The normalized spacial score (nSPS) is 11.4. The number of nitrogens with one attached hydrogen (secondary N) is 1. The second-order valence-corrected chi connectivity index (χ2v) is 5.24. The van der Waals surface area contributed by atoms with Crippen molar-refractivity contribution in [2.24, 2.45) is 0 Å². The van der Waals surface area contributed by atoms with Crippen molar-refractivity contribution < 1.29 is 14.5 Å². The van der Waals surface area contributed by atoms with Gasteiger partial charge >= 0.3 is 5.97 Å². The van der Waals surface area contributed by atoms with Gasteiger partial charge in [0.05, 0.1) is 23.2 Å². The quantitative estimate of drug-likeness (QED) is 0.450. The molecule has 0 saturated carbocycles. The molecule has 0 bridgehead atoms. The van der Waals surface area contributed by atoms with Gasteiger partial charge in [0, 0.05) is 22.4 Å². The summed E-state index contributed by atoms with van der Waals surface area (Å²) < 4.78 is 5.04. The molecule has 122 valence electrons. The van der Waals surface area contributed by atoms with E-state index in [4.69, 9.17) is 4.74 Å². The van der Waals surface area contributed by atoms with E-state index in [1.54, 1.807) is 26.1 Å². The average molecular weight is 325 g/mol. The zero-order valence-corrected chi connectivity index (χ0v) is 13.2. The molecule has 0 aliphatic rings.